The summed E-state index contributed by atoms with van der Waals surface area (Å²) in [6.07, 6.45) is 10.7. The fourth-order valence-electron chi connectivity index (χ4n) is 5.07. The highest BCUT2D eigenvalue weighted by Crippen LogP contribution is 2.56. The van der Waals surface area contributed by atoms with Gasteiger partial charge in [-0.3, -0.25) is 0 Å². The summed E-state index contributed by atoms with van der Waals surface area (Å²) >= 11 is 0. The van der Waals surface area contributed by atoms with Crippen LogP contribution in [0, 0.1) is 5.92 Å². The van der Waals surface area contributed by atoms with Crippen LogP contribution in [0.3, 0.4) is 0 Å². The lowest BCUT2D eigenvalue weighted by atomic mass is 9.55. The van der Waals surface area contributed by atoms with E-state index in [9.17, 15) is 5.11 Å². The summed E-state index contributed by atoms with van der Waals surface area (Å²) in [5, 5.41) is 10.8. The molecule has 1 aromatic carbocycles. The Morgan fingerprint density at radius 3 is 3.05 bits per heavy atom. The second kappa shape index (κ2) is 4.18. The zero-order valence-electron chi connectivity index (χ0n) is 11.7. The highest BCUT2D eigenvalue weighted by molar-refractivity contribution is 7.96. The molecule has 1 nitrogen and oxygen atoms in total. The second-order valence-electron chi connectivity index (χ2n) is 6.74. The van der Waals surface area contributed by atoms with Crippen LogP contribution in [0.25, 0.3) is 0 Å². The first-order valence-corrected chi connectivity index (χ1v) is 9.51. The van der Waals surface area contributed by atoms with Gasteiger partial charge in [0.15, 0.2) is 0 Å². The lowest BCUT2D eigenvalue weighted by Crippen LogP contribution is -2.56. The maximum Gasteiger partial charge on any atom is 0.125 e. The van der Waals surface area contributed by atoms with Gasteiger partial charge in [-0.25, -0.2) is 0 Å². The van der Waals surface area contributed by atoms with E-state index in [0.29, 0.717) is 22.1 Å². The van der Waals surface area contributed by atoms with Crippen LogP contribution >= 0.6 is 0 Å². The number of hydrogen-bond acceptors (Lipinski definition) is 1. The molecule has 1 heterocycles. The van der Waals surface area contributed by atoms with Gasteiger partial charge in [-0.1, -0.05) is 18.9 Å². The van der Waals surface area contributed by atoms with Crippen molar-refractivity contribution in [2.75, 3.05) is 12.0 Å². The van der Waals surface area contributed by atoms with Crippen molar-refractivity contribution in [2.45, 2.75) is 49.2 Å². The predicted molar refractivity (Wildman–Crippen MR) is 82.0 cm³/mol. The lowest BCUT2D eigenvalue weighted by Gasteiger charge is -2.53. The molecule has 1 N–H and O–H groups in total. The van der Waals surface area contributed by atoms with Crippen molar-refractivity contribution in [3.8, 4) is 5.75 Å². The van der Waals surface area contributed by atoms with E-state index in [2.05, 4.69) is 18.4 Å². The van der Waals surface area contributed by atoms with Crippen LogP contribution in [0.15, 0.2) is 18.2 Å². The SMILES string of the molecule is C[S+]1CCC23CCCCC2C1Cc1ccc(O)cc13. The smallest absolute Gasteiger partial charge is 0.125 e. The van der Waals surface area contributed by atoms with Crippen molar-refractivity contribution in [1.29, 1.82) is 0 Å². The van der Waals surface area contributed by atoms with E-state index < -0.39 is 0 Å². The molecule has 0 amide bonds. The molecule has 1 saturated carbocycles. The summed E-state index contributed by atoms with van der Waals surface area (Å²) < 4.78 is 0. The Labute approximate surface area is 118 Å². The van der Waals surface area contributed by atoms with Crippen molar-refractivity contribution in [3.63, 3.8) is 0 Å². The standard InChI is InChI=1S/C17H22OS/c1-19-9-8-17-7-3-2-4-14(17)16(19)10-12-5-6-13(18)11-15(12)17/h5-6,11,14,16H,2-4,7-10H2,1H3/p+1. The van der Waals surface area contributed by atoms with Crippen molar-refractivity contribution in [3.05, 3.63) is 29.3 Å². The maximum absolute atomic E-state index is 9.93. The summed E-state index contributed by atoms with van der Waals surface area (Å²) in [5.74, 6) is 2.78. The predicted octanol–water partition coefficient (Wildman–Crippen LogP) is 3.40. The maximum atomic E-state index is 9.93. The third kappa shape index (κ3) is 1.62. The fraction of sp³-hybridized carbons (Fsp3) is 0.647. The minimum Gasteiger partial charge on any atom is -0.508 e. The van der Waals surface area contributed by atoms with Gasteiger partial charge in [-0.2, -0.15) is 0 Å². The van der Waals surface area contributed by atoms with E-state index in [0.717, 1.165) is 11.2 Å². The van der Waals surface area contributed by atoms with E-state index in [1.807, 2.05) is 6.07 Å². The molecule has 3 aliphatic rings. The number of phenolic OH excluding ortho intramolecular Hbond substituents is 1. The van der Waals surface area contributed by atoms with Crippen molar-refractivity contribution in [2.24, 2.45) is 5.92 Å². The first-order valence-electron chi connectivity index (χ1n) is 7.64. The van der Waals surface area contributed by atoms with Crippen LogP contribution in [0.4, 0.5) is 0 Å². The molecule has 1 saturated heterocycles. The molecule has 0 spiro atoms. The van der Waals surface area contributed by atoms with Crippen molar-refractivity contribution >= 4 is 10.9 Å². The number of rotatable bonds is 0. The third-order valence-electron chi connectivity index (χ3n) is 5.98. The summed E-state index contributed by atoms with van der Waals surface area (Å²) in [7, 11) is 0.604. The summed E-state index contributed by atoms with van der Waals surface area (Å²) in [4.78, 5) is 0. The van der Waals surface area contributed by atoms with Gasteiger partial charge < -0.3 is 5.11 Å². The van der Waals surface area contributed by atoms with Gasteiger partial charge in [0.25, 0.3) is 0 Å². The van der Waals surface area contributed by atoms with E-state index in [1.165, 1.54) is 49.8 Å². The Bertz CT molecular complexity index is 512. The fourth-order valence-corrected chi connectivity index (χ4v) is 7.48. The van der Waals surface area contributed by atoms with Gasteiger partial charge in [0.1, 0.15) is 16.8 Å². The highest BCUT2D eigenvalue weighted by Gasteiger charge is 2.57. The van der Waals surface area contributed by atoms with E-state index in [1.54, 1.807) is 5.56 Å². The van der Waals surface area contributed by atoms with Gasteiger partial charge in [0, 0.05) is 24.2 Å². The first kappa shape index (κ1) is 12.1. The topological polar surface area (TPSA) is 20.2 Å². The molecule has 102 valence electrons. The van der Waals surface area contributed by atoms with Crippen LogP contribution in [0.5, 0.6) is 5.75 Å². The monoisotopic (exact) mass is 275 g/mol. The number of aromatic hydroxyl groups is 1. The summed E-state index contributed by atoms with van der Waals surface area (Å²) in [5.41, 5.74) is 3.49. The van der Waals surface area contributed by atoms with Gasteiger partial charge in [-0.05, 0) is 47.0 Å². The van der Waals surface area contributed by atoms with Crippen molar-refractivity contribution in [1.82, 2.24) is 0 Å². The Morgan fingerprint density at radius 1 is 1.26 bits per heavy atom. The van der Waals surface area contributed by atoms with Gasteiger partial charge >= 0.3 is 0 Å². The third-order valence-corrected chi connectivity index (χ3v) is 8.36. The highest BCUT2D eigenvalue weighted by atomic mass is 32.2. The largest absolute Gasteiger partial charge is 0.508 e. The van der Waals surface area contributed by atoms with E-state index in [-0.39, 0.29) is 0 Å². The molecule has 2 aliphatic carbocycles. The zero-order chi connectivity index (χ0) is 13.0. The van der Waals surface area contributed by atoms with Crippen molar-refractivity contribution < 1.29 is 5.11 Å². The quantitative estimate of drug-likeness (QED) is 0.720. The number of phenols is 1. The second-order valence-corrected chi connectivity index (χ2v) is 9.13. The van der Waals surface area contributed by atoms with Crippen LogP contribution in [-0.4, -0.2) is 22.4 Å². The Hall–Kier alpha value is -0.630. The molecule has 2 heteroatoms. The number of hydrogen-bond donors (Lipinski definition) is 1. The molecular weight excluding hydrogens is 252 g/mol. The van der Waals surface area contributed by atoms with Crippen LogP contribution in [-0.2, 0) is 22.7 Å². The zero-order valence-corrected chi connectivity index (χ0v) is 12.5. The molecular formula is C17H23OS+. The molecule has 2 fully saturated rings. The summed E-state index contributed by atoms with van der Waals surface area (Å²) in [6, 6.07) is 6.19. The molecule has 0 aromatic heterocycles. The number of fused-ring (bicyclic) bond motifs is 1. The Balaban J connectivity index is 1.90. The Kier molecular flexibility index (Phi) is 2.67. The minimum atomic E-state index is 0.425. The average Bonchev–Trinajstić information content (AvgIpc) is 2.43. The number of benzene rings is 1. The molecule has 4 rings (SSSR count). The first-order chi connectivity index (χ1) is 9.21. The minimum absolute atomic E-state index is 0.425. The van der Waals surface area contributed by atoms with Crippen LogP contribution in [0.1, 0.15) is 43.2 Å². The molecule has 1 aliphatic heterocycles. The normalized spacial score (nSPS) is 40.4. The van der Waals surface area contributed by atoms with E-state index >= 15 is 0 Å². The molecule has 19 heavy (non-hydrogen) atoms. The molecule has 2 bridgehead atoms. The van der Waals surface area contributed by atoms with E-state index in [4.69, 9.17) is 0 Å². The molecule has 4 unspecified atom stereocenters. The van der Waals surface area contributed by atoms with Crippen LogP contribution < -0.4 is 0 Å². The lowest BCUT2D eigenvalue weighted by molar-refractivity contribution is 0.151. The van der Waals surface area contributed by atoms with Gasteiger partial charge in [0.2, 0.25) is 0 Å². The molecule has 4 atom stereocenters. The summed E-state index contributed by atoms with van der Waals surface area (Å²) in [6.45, 7) is 0. The van der Waals surface area contributed by atoms with Crippen LogP contribution in [0.2, 0.25) is 0 Å². The Morgan fingerprint density at radius 2 is 2.16 bits per heavy atom. The average molecular weight is 275 g/mol. The van der Waals surface area contributed by atoms with Gasteiger partial charge in [-0.15, -0.1) is 0 Å². The van der Waals surface area contributed by atoms with Gasteiger partial charge in [0.05, 0.1) is 6.26 Å². The molecule has 0 radical (unpaired) electrons. The molecule has 1 aromatic rings.